The molecule has 35 heavy (non-hydrogen) atoms. The minimum Gasteiger partial charge on any atom is -0.339 e. The fourth-order valence-electron chi connectivity index (χ4n) is 4.80. The smallest absolute Gasteiger partial charge is 0.261 e. The molecule has 0 bridgehead atoms. The number of imide groups is 1. The Balaban J connectivity index is 1.19. The molecule has 2 aliphatic rings. The minimum absolute atomic E-state index is 0.0659. The molecule has 0 aliphatic carbocycles. The first-order valence-electron chi connectivity index (χ1n) is 11.9. The average Bonchev–Trinajstić information content (AvgIpc) is 3.14. The number of benzene rings is 3. The van der Waals surface area contributed by atoms with E-state index in [-0.39, 0.29) is 36.0 Å². The number of hydrogen-bond donors (Lipinski definition) is 0. The second-order valence-corrected chi connectivity index (χ2v) is 9.24. The van der Waals surface area contributed by atoms with Crippen LogP contribution >= 0.6 is 0 Å². The van der Waals surface area contributed by atoms with E-state index in [1.807, 2.05) is 31.2 Å². The van der Waals surface area contributed by atoms with E-state index in [0.717, 1.165) is 16.7 Å². The Morgan fingerprint density at radius 3 is 1.89 bits per heavy atom. The molecule has 0 spiro atoms. The molecule has 0 aromatic heterocycles. The van der Waals surface area contributed by atoms with Gasteiger partial charge in [0, 0.05) is 30.1 Å². The molecule has 0 saturated carbocycles. The molecule has 3 amide bonds. The normalized spacial score (nSPS) is 15.9. The number of likely N-dealkylation sites (tertiary alicyclic amines) is 1. The second-order valence-electron chi connectivity index (χ2n) is 9.24. The standard InChI is InChI=1S/C29H26N2O4/c1-19-6-10-21(11-7-19)26(32)22-14-16-30(17-15-22)27(33)23-12-8-20(9-13-23)18-31-28(34)24-4-2-3-5-25(24)29(31)35/h2-13,22H,14-18H2,1H3. The third-order valence-corrected chi connectivity index (χ3v) is 6.91. The van der Waals surface area contributed by atoms with E-state index in [4.69, 9.17) is 0 Å². The van der Waals surface area contributed by atoms with Crippen LogP contribution in [0.15, 0.2) is 72.8 Å². The van der Waals surface area contributed by atoms with Crippen LogP contribution < -0.4 is 0 Å². The van der Waals surface area contributed by atoms with Crippen molar-refractivity contribution >= 4 is 23.5 Å². The first-order valence-corrected chi connectivity index (χ1v) is 11.9. The van der Waals surface area contributed by atoms with Gasteiger partial charge in [0.2, 0.25) is 0 Å². The van der Waals surface area contributed by atoms with Crippen LogP contribution in [0.2, 0.25) is 0 Å². The summed E-state index contributed by atoms with van der Waals surface area (Å²) in [7, 11) is 0. The predicted molar refractivity (Wildman–Crippen MR) is 131 cm³/mol. The summed E-state index contributed by atoms with van der Waals surface area (Å²) in [6.45, 7) is 3.23. The van der Waals surface area contributed by atoms with Crippen LogP contribution in [0, 0.1) is 12.8 Å². The minimum atomic E-state index is -0.297. The van der Waals surface area contributed by atoms with Crippen LogP contribution in [0.1, 0.15) is 65.4 Å². The van der Waals surface area contributed by atoms with Gasteiger partial charge in [0.05, 0.1) is 17.7 Å². The van der Waals surface area contributed by atoms with E-state index in [2.05, 4.69) is 0 Å². The highest BCUT2D eigenvalue weighted by Gasteiger charge is 2.35. The highest BCUT2D eigenvalue weighted by molar-refractivity contribution is 6.21. The molecule has 3 aromatic rings. The summed E-state index contributed by atoms with van der Waals surface area (Å²) in [5.41, 5.74) is 4.03. The number of rotatable bonds is 5. The van der Waals surface area contributed by atoms with Crippen molar-refractivity contribution in [2.45, 2.75) is 26.3 Å². The predicted octanol–water partition coefficient (Wildman–Crippen LogP) is 4.53. The summed E-state index contributed by atoms with van der Waals surface area (Å²) in [6.07, 6.45) is 1.30. The first-order chi connectivity index (χ1) is 16.9. The molecule has 1 saturated heterocycles. The molecule has 0 radical (unpaired) electrons. The van der Waals surface area contributed by atoms with Crippen LogP contribution in [0.3, 0.4) is 0 Å². The largest absolute Gasteiger partial charge is 0.339 e. The highest BCUT2D eigenvalue weighted by atomic mass is 16.2. The van der Waals surface area contributed by atoms with E-state index in [0.29, 0.717) is 42.6 Å². The van der Waals surface area contributed by atoms with Gasteiger partial charge in [0.25, 0.3) is 17.7 Å². The zero-order valence-corrected chi connectivity index (χ0v) is 19.6. The highest BCUT2D eigenvalue weighted by Crippen LogP contribution is 2.26. The molecule has 176 valence electrons. The fourth-order valence-corrected chi connectivity index (χ4v) is 4.80. The van der Waals surface area contributed by atoms with Crippen LogP contribution in [0.25, 0.3) is 0 Å². The number of hydrogen-bond acceptors (Lipinski definition) is 4. The van der Waals surface area contributed by atoms with E-state index >= 15 is 0 Å². The van der Waals surface area contributed by atoms with Crippen LogP contribution in [0.5, 0.6) is 0 Å². The van der Waals surface area contributed by atoms with Crippen molar-refractivity contribution in [3.63, 3.8) is 0 Å². The molecular weight excluding hydrogens is 440 g/mol. The van der Waals surface area contributed by atoms with Gasteiger partial charge < -0.3 is 4.90 Å². The Morgan fingerprint density at radius 2 is 1.31 bits per heavy atom. The first kappa shape index (κ1) is 22.7. The number of amides is 3. The number of fused-ring (bicyclic) bond motifs is 1. The molecule has 0 N–H and O–H groups in total. The third-order valence-electron chi connectivity index (χ3n) is 6.91. The molecule has 5 rings (SSSR count). The summed E-state index contributed by atoms with van der Waals surface area (Å²) in [5.74, 6) is -0.584. The second kappa shape index (κ2) is 9.29. The lowest BCUT2D eigenvalue weighted by atomic mass is 9.88. The summed E-state index contributed by atoms with van der Waals surface area (Å²) in [6, 6.07) is 21.5. The van der Waals surface area contributed by atoms with Gasteiger partial charge in [-0.25, -0.2) is 0 Å². The molecule has 6 heteroatoms. The summed E-state index contributed by atoms with van der Waals surface area (Å²) >= 11 is 0. The zero-order chi connectivity index (χ0) is 24.5. The van der Waals surface area contributed by atoms with E-state index in [9.17, 15) is 19.2 Å². The average molecular weight is 467 g/mol. The van der Waals surface area contributed by atoms with Gasteiger partial charge in [-0.2, -0.15) is 0 Å². The van der Waals surface area contributed by atoms with Crippen molar-refractivity contribution in [3.8, 4) is 0 Å². The van der Waals surface area contributed by atoms with E-state index < -0.39 is 0 Å². The number of Topliss-reactive ketones (excluding diaryl/α,β-unsaturated/α-hetero) is 1. The van der Waals surface area contributed by atoms with Gasteiger partial charge in [0.1, 0.15) is 0 Å². The van der Waals surface area contributed by atoms with Gasteiger partial charge >= 0.3 is 0 Å². The van der Waals surface area contributed by atoms with Crippen LogP contribution in [-0.4, -0.2) is 46.4 Å². The van der Waals surface area contributed by atoms with Gasteiger partial charge in [-0.15, -0.1) is 0 Å². The number of carbonyl (C=O) groups is 4. The van der Waals surface area contributed by atoms with E-state index in [1.54, 1.807) is 53.4 Å². The lowest BCUT2D eigenvalue weighted by Crippen LogP contribution is -2.40. The number of nitrogens with zero attached hydrogens (tertiary/aromatic N) is 2. The Labute approximate surface area is 204 Å². The summed E-state index contributed by atoms with van der Waals surface area (Å²) in [4.78, 5) is 54.0. The summed E-state index contributed by atoms with van der Waals surface area (Å²) in [5, 5.41) is 0. The van der Waals surface area contributed by atoms with Crippen molar-refractivity contribution in [1.82, 2.24) is 9.80 Å². The van der Waals surface area contributed by atoms with Crippen molar-refractivity contribution in [2.75, 3.05) is 13.1 Å². The maximum absolute atomic E-state index is 13.0. The van der Waals surface area contributed by atoms with Gasteiger partial charge in [-0.1, -0.05) is 54.1 Å². The Kier molecular flexibility index (Phi) is 6.03. The summed E-state index contributed by atoms with van der Waals surface area (Å²) < 4.78 is 0. The van der Waals surface area contributed by atoms with Crippen molar-refractivity contribution in [2.24, 2.45) is 5.92 Å². The van der Waals surface area contributed by atoms with Gasteiger partial charge in [-0.05, 0) is 49.6 Å². The monoisotopic (exact) mass is 466 g/mol. The number of aryl methyl sites for hydroxylation is 1. The lowest BCUT2D eigenvalue weighted by Gasteiger charge is -2.31. The molecule has 2 aliphatic heterocycles. The van der Waals surface area contributed by atoms with Crippen LogP contribution in [0.4, 0.5) is 0 Å². The zero-order valence-electron chi connectivity index (χ0n) is 19.6. The molecule has 6 nitrogen and oxygen atoms in total. The Morgan fingerprint density at radius 1 is 0.771 bits per heavy atom. The van der Waals surface area contributed by atoms with Crippen LogP contribution in [-0.2, 0) is 6.54 Å². The molecule has 0 atom stereocenters. The molecule has 0 unspecified atom stereocenters. The fraction of sp³-hybridized carbons (Fsp3) is 0.241. The molecular formula is C29H26N2O4. The van der Waals surface area contributed by atoms with E-state index in [1.165, 1.54) is 4.90 Å². The Bertz CT molecular complexity index is 1270. The van der Waals surface area contributed by atoms with Crippen molar-refractivity contribution in [3.05, 3.63) is 106 Å². The number of ketones is 1. The lowest BCUT2D eigenvalue weighted by molar-refractivity contribution is 0.0638. The maximum Gasteiger partial charge on any atom is 0.261 e. The quantitative estimate of drug-likeness (QED) is 0.409. The molecule has 2 heterocycles. The number of carbonyl (C=O) groups excluding carboxylic acids is 4. The number of piperidine rings is 1. The van der Waals surface area contributed by atoms with Gasteiger partial charge in [-0.3, -0.25) is 24.1 Å². The SMILES string of the molecule is Cc1ccc(C(=O)C2CCN(C(=O)c3ccc(CN4C(=O)c5ccccc5C4=O)cc3)CC2)cc1. The molecule has 1 fully saturated rings. The van der Waals surface area contributed by atoms with Crippen molar-refractivity contribution < 1.29 is 19.2 Å². The maximum atomic E-state index is 13.0. The Hall–Kier alpha value is -4.06. The third kappa shape index (κ3) is 4.39. The van der Waals surface area contributed by atoms with Gasteiger partial charge in [0.15, 0.2) is 5.78 Å². The topological polar surface area (TPSA) is 74.8 Å². The van der Waals surface area contributed by atoms with Crippen molar-refractivity contribution in [1.29, 1.82) is 0 Å². The molecule has 3 aromatic carbocycles.